The summed E-state index contributed by atoms with van der Waals surface area (Å²) in [4.78, 5) is 38.9. The van der Waals surface area contributed by atoms with E-state index in [-0.39, 0.29) is 37.8 Å². The maximum Gasteiger partial charge on any atom is 0.416 e. The molecule has 1 heterocycles. The van der Waals surface area contributed by atoms with Gasteiger partial charge in [0, 0.05) is 37.8 Å². The molecule has 1 saturated heterocycles. The Morgan fingerprint density at radius 1 is 1.04 bits per heavy atom. The van der Waals surface area contributed by atoms with Gasteiger partial charge in [-0.25, -0.2) is 0 Å². The van der Waals surface area contributed by atoms with Crippen LogP contribution in [0.2, 0.25) is 0 Å². The van der Waals surface area contributed by atoms with E-state index >= 15 is 0 Å². The second-order valence-electron chi connectivity index (χ2n) is 6.29. The molecule has 0 aliphatic carbocycles. The zero-order valence-electron chi connectivity index (χ0n) is 14.5. The van der Waals surface area contributed by atoms with Crippen molar-refractivity contribution >= 4 is 17.7 Å². The molecule has 9 heteroatoms. The second-order valence-corrected chi connectivity index (χ2v) is 6.29. The molecule has 26 heavy (non-hydrogen) atoms. The van der Waals surface area contributed by atoms with Crippen molar-refractivity contribution in [3.05, 3.63) is 35.4 Å². The molecule has 0 radical (unpaired) electrons. The minimum atomic E-state index is -4.52. The minimum Gasteiger partial charge on any atom is -0.346 e. The molecule has 1 N–H and O–H groups in total. The fraction of sp³-hybridized carbons (Fsp3) is 0.471. The third kappa shape index (κ3) is 4.74. The van der Waals surface area contributed by atoms with E-state index in [2.05, 4.69) is 5.32 Å². The van der Waals surface area contributed by atoms with Gasteiger partial charge in [0.25, 0.3) is 5.91 Å². The third-order valence-corrected chi connectivity index (χ3v) is 3.90. The first kappa shape index (κ1) is 19.7. The summed E-state index contributed by atoms with van der Waals surface area (Å²) in [7, 11) is 0. The van der Waals surface area contributed by atoms with Crippen LogP contribution in [-0.2, 0) is 15.8 Å². The number of halogens is 3. The van der Waals surface area contributed by atoms with Gasteiger partial charge in [-0.3, -0.25) is 14.4 Å². The maximum atomic E-state index is 12.8. The lowest BCUT2D eigenvalue weighted by Crippen LogP contribution is -2.54. The Morgan fingerprint density at radius 3 is 2.15 bits per heavy atom. The van der Waals surface area contributed by atoms with Crippen molar-refractivity contribution in [1.29, 1.82) is 0 Å². The number of nitrogens with one attached hydrogen (secondary N) is 1. The number of carbonyl (C=O) groups is 3. The second kappa shape index (κ2) is 7.76. The summed E-state index contributed by atoms with van der Waals surface area (Å²) in [5.74, 6) is -1.92. The smallest absolute Gasteiger partial charge is 0.346 e. The molecule has 2 rings (SSSR count). The number of amides is 3. The molecule has 1 aromatic rings. The van der Waals surface area contributed by atoms with Gasteiger partial charge in [0.2, 0.25) is 0 Å². The Hall–Kier alpha value is -2.58. The first-order valence-corrected chi connectivity index (χ1v) is 8.16. The molecule has 1 fully saturated rings. The predicted molar refractivity (Wildman–Crippen MR) is 87.2 cm³/mol. The fourth-order valence-electron chi connectivity index (χ4n) is 2.59. The van der Waals surface area contributed by atoms with Crippen LogP contribution in [0.25, 0.3) is 0 Å². The van der Waals surface area contributed by atoms with Crippen LogP contribution in [0.15, 0.2) is 24.3 Å². The lowest BCUT2D eigenvalue weighted by Gasteiger charge is -2.34. The van der Waals surface area contributed by atoms with Gasteiger partial charge in [-0.1, -0.05) is 6.07 Å². The molecule has 3 amide bonds. The van der Waals surface area contributed by atoms with E-state index in [0.717, 1.165) is 12.1 Å². The van der Waals surface area contributed by atoms with E-state index in [1.807, 2.05) is 0 Å². The van der Waals surface area contributed by atoms with Crippen molar-refractivity contribution in [2.24, 2.45) is 0 Å². The zero-order chi connectivity index (χ0) is 19.5. The van der Waals surface area contributed by atoms with Crippen molar-refractivity contribution in [3.8, 4) is 0 Å². The maximum absolute atomic E-state index is 12.8. The molecular formula is C17H20F3N3O3. The number of hydrogen-bond donors (Lipinski definition) is 1. The van der Waals surface area contributed by atoms with Gasteiger partial charge < -0.3 is 15.1 Å². The Balaban J connectivity index is 1.98. The van der Waals surface area contributed by atoms with E-state index in [9.17, 15) is 27.6 Å². The standard InChI is InChI=1S/C17H20F3N3O3/c1-11(2)21-14(24)16(26)23-8-6-22(7-9-23)15(25)12-4-3-5-13(10-12)17(18,19)20/h3-5,10-11H,6-9H2,1-2H3,(H,21,24). The van der Waals surface area contributed by atoms with Gasteiger partial charge >= 0.3 is 18.0 Å². The molecule has 1 aromatic carbocycles. The van der Waals surface area contributed by atoms with Crippen molar-refractivity contribution in [2.75, 3.05) is 26.2 Å². The molecule has 0 bridgehead atoms. The van der Waals surface area contributed by atoms with Crippen LogP contribution in [0.4, 0.5) is 13.2 Å². The van der Waals surface area contributed by atoms with Crippen LogP contribution in [0, 0.1) is 0 Å². The molecule has 142 valence electrons. The molecule has 0 aromatic heterocycles. The normalized spacial score (nSPS) is 15.2. The summed E-state index contributed by atoms with van der Waals surface area (Å²) in [5, 5.41) is 2.50. The van der Waals surface area contributed by atoms with E-state index in [1.54, 1.807) is 13.8 Å². The van der Waals surface area contributed by atoms with Gasteiger partial charge in [0.15, 0.2) is 0 Å². The van der Waals surface area contributed by atoms with Crippen LogP contribution in [0.3, 0.4) is 0 Å². The molecule has 1 aliphatic rings. The van der Waals surface area contributed by atoms with E-state index in [0.29, 0.717) is 0 Å². The van der Waals surface area contributed by atoms with E-state index in [1.165, 1.54) is 21.9 Å². The van der Waals surface area contributed by atoms with Crippen LogP contribution in [-0.4, -0.2) is 59.7 Å². The first-order chi connectivity index (χ1) is 12.1. The van der Waals surface area contributed by atoms with Crippen molar-refractivity contribution in [2.45, 2.75) is 26.1 Å². The zero-order valence-corrected chi connectivity index (χ0v) is 14.5. The lowest BCUT2D eigenvalue weighted by atomic mass is 10.1. The summed E-state index contributed by atoms with van der Waals surface area (Å²) in [6.07, 6.45) is -4.52. The number of carbonyl (C=O) groups excluding carboxylic acids is 3. The summed E-state index contributed by atoms with van der Waals surface area (Å²) in [6.45, 7) is 4.06. The van der Waals surface area contributed by atoms with E-state index in [4.69, 9.17) is 0 Å². The monoisotopic (exact) mass is 371 g/mol. The molecule has 0 unspecified atom stereocenters. The van der Waals surface area contributed by atoms with E-state index < -0.39 is 29.5 Å². The average Bonchev–Trinajstić information content (AvgIpc) is 2.59. The molecule has 0 saturated carbocycles. The summed E-state index contributed by atoms with van der Waals surface area (Å²) in [5.41, 5.74) is -0.945. The number of nitrogens with zero attached hydrogens (tertiary/aromatic N) is 2. The van der Waals surface area contributed by atoms with Crippen LogP contribution >= 0.6 is 0 Å². The highest BCUT2D eigenvalue weighted by atomic mass is 19.4. The third-order valence-electron chi connectivity index (χ3n) is 3.90. The highest BCUT2D eigenvalue weighted by Gasteiger charge is 2.32. The van der Waals surface area contributed by atoms with Crippen molar-refractivity contribution in [3.63, 3.8) is 0 Å². The van der Waals surface area contributed by atoms with Gasteiger partial charge in [0.1, 0.15) is 0 Å². The largest absolute Gasteiger partial charge is 0.416 e. The molecular weight excluding hydrogens is 351 g/mol. The molecule has 6 nitrogen and oxygen atoms in total. The Morgan fingerprint density at radius 2 is 1.62 bits per heavy atom. The topological polar surface area (TPSA) is 69.7 Å². The summed E-state index contributed by atoms with van der Waals surface area (Å²) >= 11 is 0. The molecule has 0 atom stereocenters. The number of benzene rings is 1. The predicted octanol–water partition coefficient (Wildman–Crippen LogP) is 1.51. The fourth-order valence-corrected chi connectivity index (χ4v) is 2.59. The van der Waals surface area contributed by atoms with Crippen molar-refractivity contribution < 1.29 is 27.6 Å². The van der Waals surface area contributed by atoms with Crippen LogP contribution < -0.4 is 5.32 Å². The minimum absolute atomic E-state index is 0.0582. The highest BCUT2D eigenvalue weighted by Crippen LogP contribution is 2.29. The van der Waals surface area contributed by atoms with Gasteiger partial charge in [-0.15, -0.1) is 0 Å². The Kier molecular flexibility index (Phi) is 5.89. The van der Waals surface area contributed by atoms with Crippen molar-refractivity contribution in [1.82, 2.24) is 15.1 Å². The molecule has 1 aliphatic heterocycles. The summed E-state index contributed by atoms with van der Waals surface area (Å²) in [6, 6.07) is 4.06. The first-order valence-electron chi connectivity index (χ1n) is 8.16. The van der Waals surface area contributed by atoms with Gasteiger partial charge in [-0.2, -0.15) is 13.2 Å². The van der Waals surface area contributed by atoms with Crippen LogP contribution in [0.5, 0.6) is 0 Å². The highest BCUT2D eigenvalue weighted by molar-refractivity contribution is 6.35. The lowest BCUT2D eigenvalue weighted by molar-refractivity contribution is -0.147. The molecule has 0 spiro atoms. The Bertz CT molecular complexity index is 696. The number of alkyl halides is 3. The quantitative estimate of drug-likeness (QED) is 0.802. The van der Waals surface area contributed by atoms with Crippen LogP contribution in [0.1, 0.15) is 29.8 Å². The number of hydrogen-bond acceptors (Lipinski definition) is 3. The SMILES string of the molecule is CC(C)NC(=O)C(=O)N1CCN(C(=O)c2cccc(C(F)(F)F)c2)CC1. The summed E-state index contributed by atoms with van der Waals surface area (Å²) < 4.78 is 38.3. The van der Waals surface area contributed by atoms with Gasteiger partial charge in [0.05, 0.1) is 5.56 Å². The number of piperazine rings is 1. The van der Waals surface area contributed by atoms with Gasteiger partial charge in [-0.05, 0) is 32.0 Å². The Labute approximate surface area is 148 Å². The average molecular weight is 371 g/mol. The number of rotatable bonds is 2.